The van der Waals surface area contributed by atoms with Gasteiger partial charge in [-0.1, -0.05) is 37.6 Å². The van der Waals surface area contributed by atoms with E-state index in [-0.39, 0.29) is 11.6 Å². The third-order valence-corrected chi connectivity index (χ3v) is 5.84. The van der Waals surface area contributed by atoms with Crippen LogP contribution in [-0.2, 0) is 4.79 Å². The van der Waals surface area contributed by atoms with Crippen LogP contribution in [0, 0.1) is 16.0 Å². The molecule has 1 heterocycles. The number of benzene rings is 2. The maximum absolute atomic E-state index is 12.7. The Labute approximate surface area is 203 Å². The zero-order valence-corrected chi connectivity index (χ0v) is 19.9. The first-order chi connectivity index (χ1) is 16.3. The number of nitro benzene ring substituents is 1. The maximum Gasteiger partial charge on any atom is 0.293 e. The molecule has 3 rings (SSSR count). The van der Waals surface area contributed by atoms with Crippen molar-refractivity contribution in [2.75, 3.05) is 18.0 Å². The van der Waals surface area contributed by atoms with Gasteiger partial charge in [-0.25, -0.2) is 5.43 Å². The van der Waals surface area contributed by atoms with E-state index in [0.717, 1.165) is 32.4 Å². The highest BCUT2D eigenvalue weighted by atomic mass is 35.5. The van der Waals surface area contributed by atoms with Crippen LogP contribution >= 0.6 is 11.6 Å². The average Bonchev–Trinajstić information content (AvgIpc) is 2.82. The number of nitrogens with one attached hydrogen (secondary N) is 2. The van der Waals surface area contributed by atoms with Crippen LogP contribution in [-0.4, -0.2) is 42.1 Å². The van der Waals surface area contributed by atoms with Gasteiger partial charge in [0.15, 0.2) is 0 Å². The number of amides is 2. The van der Waals surface area contributed by atoms with E-state index in [4.69, 9.17) is 11.6 Å². The lowest BCUT2D eigenvalue weighted by Gasteiger charge is -2.28. The quantitative estimate of drug-likeness (QED) is 0.331. The zero-order chi connectivity index (χ0) is 24.7. The van der Waals surface area contributed by atoms with Gasteiger partial charge in [-0.15, -0.1) is 0 Å². The molecule has 2 aromatic carbocycles. The van der Waals surface area contributed by atoms with E-state index in [0.29, 0.717) is 21.8 Å². The van der Waals surface area contributed by atoms with Crippen molar-refractivity contribution in [3.05, 3.63) is 68.7 Å². The van der Waals surface area contributed by atoms with Gasteiger partial charge < -0.3 is 10.2 Å². The third kappa shape index (κ3) is 6.54. The van der Waals surface area contributed by atoms with Crippen LogP contribution in [0.3, 0.4) is 0 Å². The molecule has 0 radical (unpaired) electrons. The topological polar surface area (TPSA) is 117 Å². The maximum atomic E-state index is 12.7. The predicted octanol–water partition coefficient (Wildman–Crippen LogP) is 4.14. The normalized spacial score (nSPS) is 14.8. The van der Waals surface area contributed by atoms with Crippen LogP contribution in [0.2, 0.25) is 5.02 Å². The van der Waals surface area contributed by atoms with Crippen LogP contribution in [0.4, 0.5) is 11.4 Å². The first kappa shape index (κ1) is 25.2. The Morgan fingerprint density at radius 2 is 1.88 bits per heavy atom. The minimum Gasteiger partial charge on any atom is -0.366 e. The molecule has 10 heteroatoms. The van der Waals surface area contributed by atoms with Gasteiger partial charge in [0.1, 0.15) is 11.7 Å². The minimum atomic E-state index is -0.834. The summed E-state index contributed by atoms with van der Waals surface area (Å²) in [4.78, 5) is 38.4. The van der Waals surface area contributed by atoms with Crippen LogP contribution in [0.1, 0.15) is 49.0 Å². The van der Waals surface area contributed by atoms with Gasteiger partial charge in [0, 0.05) is 35.3 Å². The van der Waals surface area contributed by atoms with Gasteiger partial charge >= 0.3 is 0 Å². The second-order valence-corrected chi connectivity index (χ2v) is 8.93. The summed E-state index contributed by atoms with van der Waals surface area (Å²) in [5.74, 6) is -1.13. The summed E-state index contributed by atoms with van der Waals surface area (Å²) in [6.07, 6.45) is 4.50. The summed E-state index contributed by atoms with van der Waals surface area (Å²) >= 11 is 5.94. The van der Waals surface area contributed by atoms with E-state index in [9.17, 15) is 19.7 Å². The molecule has 1 aliphatic rings. The molecule has 0 aromatic heterocycles. The minimum absolute atomic E-state index is 0.00557. The Kier molecular flexibility index (Phi) is 8.59. The number of anilines is 1. The number of piperidine rings is 1. The van der Waals surface area contributed by atoms with E-state index in [1.165, 1.54) is 18.3 Å². The van der Waals surface area contributed by atoms with Crippen LogP contribution in [0.5, 0.6) is 0 Å². The summed E-state index contributed by atoms with van der Waals surface area (Å²) in [6, 6.07) is 10.5. The summed E-state index contributed by atoms with van der Waals surface area (Å²) in [6.45, 7) is 5.19. The molecule has 1 fully saturated rings. The molecular formula is C24H28ClN5O4. The van der Waals surface area contributed by atoms with E-state index >= 15 is 0 Å². The lowest BCUT2D eigenvalue weighted by Crippen LogP contribution is -2.48. The third-order valence-electron chi connectivity index (χ3n) is 5.60. The molecule has 0 aliphatic carbocycles. The summed E-state index contributed by atoms with van der Waals surface area (Å²) in [5, 5.41) is 18.7. The van der Waals surface area contributed by atoms with Crippen molar-refractivity contribution in [2.45, 2.75) is 39.2 Å². The average molecular weight is 486 g/mol. The predicted molar refractivity (Wildman–Crippen MR) is 132 cm³/mol. The summed E-state index contributed by atoms with van der Waals surface area (Å²) in [5.41, 5.74) is 3.84. The van der Waals surface area contributed by atoms with Crippen LogP contribution in [0.15, 0.2) is 47.6 Å². The first-order valence-corrected chi connectivity index (χ1v) is 11.6. The number of hydrogen-bond acceptors (Lipinski definition) is 6. The smallest absolute Gasteiger partial charge is 0.293 e. The number of halogens is 1. The second kappa shape index (κ2) is 11.6. The van der Waals surface area contributed by atoms with Gasteiger partial charge in [0.25, 0.3) is 17.5 Å². The number of hydrogen-bond donors (Lipinski definition) is 2. The molecule has 2 N–H and O–H groups in total. The standard InChI is InChI=1S/C24H28ClN5O4/c1-16(2)22(27-23(31)18-7-6-8-19(25)14-18)24(32)28-26-15-17-9-10-20(21(13-17)30(33)34)29-11-4-3-5-12-29/h6-10,13-16,22H,3-5,11-12H2,1-2H3,(H,27,31)(H,28,32). The highest BCUT2D eigenvalue weighted by Gasteiger charge is 2.25. The zero-order valence-electron chi connectivity index (χ0n) is 19.2. The van der Waals surface area contributed by atoms with Crippen molar-refractivity contribution in [3.8, 4) is 0 Å². The van der Waals surface area contributed by atoms with Crippen molar-refractivity contribution in [1.82, 2.24) is 10.7 Å². The number of carbonyl (C=O) groups excluding carboxylic acids is 2. The number of nitro groups is 1. The van der Waals surface area contributed by atoms with Gasteiger partial charge in [0.2, 0.25) is 0 Å². The molecule has 0 spiro atoms. The van der Waals surface area contributed by atoms with E-state index in [1.807, 2.05) is 4.90 Å². The molecule has 180 valence electrons. The Hall–Kier alpha value is -3.46. The van der Waals surface area contributed by atoms with Crippen LogP contribution in [0.25, 0.3) is 0 Å². The monoisotopic (exact) mass is 485 g/mol. The van der Waals surface area contributed by atoms with Crippen molar-refractivity contribution < 1.29 is 14.5 Å². The number of nitrogens with zero attached hydrogens (tertiary/aromatic N) is 3. The van der Waals surface area contributed by atoms with Gasteiger partial charge in [-0.3, -0.25) is 19.7 Å². The SMILES string of the molecule is CC(C)C(NC(=O)c1cccc(Cl)c1)C(=O)NN=Cc1ccc(N2CCCCC2)c([N+](=O)[O-])c1. The Morgan fingerprint density at radius 3 is 2.53 bits per heavy atom. The van der Waals surface area contributed by atoms with Crippen molar-refractivity contribution >= 4 is 41.0 Å². The summed E-state index contributed by atoms with van der Waals surface area (Å²) < 4.78 is 0. The van der Waals surface area contributed by atoms with Crippen molar-refractivity contribution in [1.29, 1.82) is 0 Å². The Bertz CT molecular complexity index is 1080. The van der Waals surface area contributed by atoms with Gasteiger partial charge in [-0.05, 0) is 49.4 Å². The van der Waals surface area contributed by atoms with E-state index < -0.39 is 22.8 Å². The van der Waals surface area contributed by atoms with Crippen molar-refractivity contribution in [2.24, 2.45) is 11.0 Å². The number of rotatable bonds is 8. The fourth-order valence-electron chi connectivity index (χ4n) is 3.80. The number of carbonyl (C=O) groups is 2. The van der Waals surface area contributed by atoms with Crippen molar-refractivity contribution in [3.63, 3.8) is 0 Å². The van der Waals surface area contributed by atoms with E-state index in [2.05, 4.69) is 15.8 Å². The Morgan fingerprint density at radius 1 is 1.15 bits per heavy atom. The lowest BCUT2D eigenvalue weighted by atomic mass is 10.0. The fraction of sp³-hybridized carbons (Fsp3) is 0.375. The largest absolute Gasteiger partial charge is 0.366 e. The molecule has 34 heavy (non-hydrogen) atoms. The first-order valence-electron chi connectivity index (χ1n) is 11.2. The van der Waals surface area contributed by atoms with Crippen LogP contribution < -0.4 is 15.6 Å². The molecule has 1 aliphatic heterocycles. The van der Waals surface area contributed by atoms with Gasteiger partial charge in [0.05, 0.1) is 11.1 Å². The fourth-order valence-corrected chi connectivity index (χ4v) is 3.99. The molecule has 2 aromatic rings. The highest BCUT2D eigenvalue weighted by molar-refractivity contribution is 6.31. The Balaban J connectivity index is 1.67. The molecule has 9 nitrogen and oxygen atoms in total. The molecule has 1 saturated heterocycles. The van der Waals surface area contributed by atoms with Gasteiger partial charge in [-0.2, -0.15) is 5.10 Å². The number of hydrazone groups is 1. The lowest BCUT2D eigenvalue weighted by molar-refractivity contribution is -0.384. The molecule has 0 bridgehead atoms. The molecule has 1 atom stereocenters. The highest BCUT2D eigenvalue weighted by Crippen LogP contribution is 2.30. The molecule has 0 saturated carbocycles. The van der Waals surface area contributed by atoms with E-state index in [1.54, 1.807) is 44.2 Å². The molecule has 2 amide bonds. The second-order valence-electron chi connectivity index (χ2n) is 8.49. The molecular weight excluding hydrogens is 458 g/mol. The molecule has 1 unspecified atom stereocenters. The summed E-state index contributed by atoms with van der Waals surface area (Å²) in [7, 11) is 0.